The fraction of sp³-hybridized carbons (Fsp3) is 0.125. The van der Waals surface area contributed by atoms with Crippen LogP contribution in [0, 0.1) is 0 Å². The Labute approximate surface area is 129 Å². The Morgan fingerprint density at radius 2 is 1.74 bits per heavy atom. The Kier molecular flexibility index (Phi) is 4.78. The molecule has 0 aromatic heterocycles. The number of alkyl halides is 3. The summed E-state index contributed by atoms with van der Waals surface area (Å²) in [4.78, 5) is 14.4. The summed E-state index contributed by atoms with van der Waals surface area (Å²) in [5.41, 5.74) is -1.30. The molecule has 0 aliphatic heterocycles. The Bertz CT molecular complexity index is 739. The van der Waals surface area contributed by atoms with Crippen molar-refractivity contribution in [3.05, 3.63) is 59.7 Å². The lowest BCUT2D eigenvalue weighted by Crippen LogP contribution is -2.11. The number of nitrogens with zero attached hydrogens (tertiary/aromatic N) is 1. The van der Waals surface area contributed by atoms with Crippen molar-refractivity contribution in [2.75, 3.05) is 0 Å². The summed E-state index contributed by atoms with van der Waals surface area (Å²) in [7, 11) is 0. The van der Waals surface area contributed by atoms with Crippen molar-refractivity contribution < 1.29 is 27.1 Å². The Balaban J connectivity index is 2.43. The number of carbonyl (C=O) groups is 1. The molecule has 7 heteroatoms. The number of carbonyl (C=O) groups excluding carboxylic acids is 1. The molecule has 0 saturated carbocycles. The van der Waals surface area contributed by atoms with Crippen LogP contribution in [0.25, 0.3) is 0 Å². The van der Waals surface area contributed by atoms with Gasteiger partial charge in [0.05, 0.1) is 5.69 Å². The number of esters is 1. The van der Waals surface area contributed by atoms with Gasteiger partial charge in [-0.25, -0.2) is 4.99 Å². The van der Waals surface area contributed by atoms with Crippen molar-refractivity contribution in [3.63, 3.8) is 0 Å². The van der Waals surface area contributed by atoms with Gasteiger partial charge in [-0.05, 0) is 18.2 Å². The van der Waals surface area contributed by atoms with Crippen molar-refractivity contribution in [2.45, 2.75) is 13.1 Å². The maximum Gasteiger partial charge on any atom is 0.420 e. The smallest absolute Gasteiger partial charge is 0.420 e. The van der Waals surface area contributed by atoms with Crippen LogP contribution in [-0.2, 0) is 11.0 Å². The molecule has 0 amide bonds. The summed E-state index contributed by atoms with van der Waals surface area (Å²) in [6.07, 6.45) is -4.76. The second kappa shape index (κ2) is 6.60. The maximum absolute atomic E-state index is 13.9. The average Bonchev–Trinajstić information content (AvgIpc) is 2.48. The molecule has 0 saturated heterocycles. The highest BCUT2D eigenvalue weighted by Crippen LogP contribution is 2.38. The lowest BCUT2D eigenvalue weighted by molar-refractivity contribution is -0.141. The first-order valence-electron chi connectivity index (χ1n) is 6.46. The van der Waals surface area contributed by atoms with Gasteiger partial charge in [-0.15, -0.1) is 0 Å². The van der Waals surface area contributed by atoms with E-state index < -0.39 is 29.4 Å². The van der Waals surface area contributed by atoms with Gasteiger partial charge in [0.1, 0.15) is 11.3 Å². The van der Waals surface area contributed by atoms with Gasteiger partial charge in [0.2, 0.25) is 5.97 Å². The fourth-order valence-corrected chi connectivity index (χ4v) is 1.81. The fourth-order valence-electron chi connectivity index (χ4n) is 1.81. The maximum atomic E-state index is 13.9. The predicted octanol–water partition coefficient (Wildman–Crippen LogP) is 4.68. The highest BCUT2D eigenvalue weighted by Gasteiger charge is 2.35. The van der Waals surface area contributed by atoms with E-state index in [9.17, 15) is 22.4 Å². The molecule has 0 aliphatic carbocycles. The SMILES string of the molecule is CC(=O)Oc1ccc(N=C(F)c2ccccc2)cc1C(F)(F)F. The minimum atomic E-state index is -4.76. The first-order chi connectivity index (χ1) is 10.8. The molecular weight excluding hydrogens is 314 g/mol. The number of hydrogen-bond acceptors (Lipinski definition) is 3. The van der Waals surface area contributed by atoms with E-state index in [1.165, 1.54) is 12.1 Å². The summed E-state index contributed by atoms with van der Waals surface area (Å²) in [6.45, 7) is 0.987. The third-order valence-electron chi connectivity index (χ3n) is 2.76. The van der Waals surface area contributed by atoms with Crippen LogP contribution in [0.4, 0.5) is 23.2 Å². The Hall–Kier alpha value is -2.70. The van der Waals surface area contributed by atoms with Gasteiger partial charge in [0.15, 0.2) is 0 Å². The molecule has 2 rings (SSSR count). The Morgan fingerprint density at radius 3 is 2.30 bits per heavy atom. The Morgan fingerprint density at radius 1 is 1.09 bits per heavy atom. The van der Waals surface area contributed by atoms with Gasteiger partial charge < -0.3 is 4.74 Å². The van der Waals surface area contributed by atoms with E-state index in [0.29, 0.717) is 6.07 Å². The molecule has 120 valence electrons. The quantitative estimate of drug-likeness (QED) is 0.356. The monoisotopic (exact) mass is 325 g/mol. The van der Waals surface area contributed by atoms with Crippen molar-refractivity contribution in [1.82, 2.24) is 0 Å². The number of ether oxygens (including phenoxy) is 1. The molecule has 0 N–H and O–H groups in total. The molecule has 2 aromatic carbocycles. The molecule has 23 heavy (non-hydrogen) atoms. The van der Waals surface area contributed by atoms with Gasteiger partial charge in [-0.1, -0.05) is 30.3 Å². The number of hydrogen-bond donors (Lipinski definition) is 0. The van der Waals surface area contributed by atoms with E-state index in [-0.39, 0.29) is 11.3 Å². The molecule has 0 radical (unpaired) electrons. The normalized spacial score (nSPS) is 12.1. The standard InChI is InChI=1S/C16H11F4NO2/c1-10(22)23-14-8-7-12(9-13(14)16(18,19)20)21-15(17)11-5-3-2-4-6-11/h2-9H,1H3. The van der Waals surface area contributed by atoms with E-state index in [2.05, 4.69) is 9.73 Å². The molecule has 2 aromatic rings. The summed E-state index contributed by atoms with van der Waals surface area (Å²) in [6, 6.07) is 10.4. The van der Waals surface area contributed by atoms with Crippen LogP contribution < -0.4 is 4.74 Å². The zero-order chi connectivity index (χ0) is 17.0. The van der Waals surface area contributed by atoms with Crippen LogP contribution >= 0.6 is 0 Å². The van der Waals surface area contributed by atoms with Gasteiger partial charge in [-0.2, -0.15) is 17.6 Å². The van der Waals surface area contributed by atoms with Gasteiger partial charge in [-0.3, -0.25) is 4.79 Å². The number of benzene rings is 2. The topological polar surface area (TPSA) is 38.7 Å². The highest BCUT2D eigenvalue weighted by molar-refractivity contribution is 5.94. The molecular formula is C16H11F4NO2. The average molecular weight is 325 g/mol. The summed E-state index contributed by atoms with van der Waals surface area (Å²) >= 11 is 0. The minimum absolute atomic E-state index is 0.144. The van der Waals surface area contributed by atoms with E-state index in [0.717, 1.165) is 19.1 Å². The zero-order valence-electron chi connectivity index (χ0n) is 11.9. The van der Waals surface area contributed by atoms with Gasteiger partial charge in [0.25, 0.3) is 0 Å². The third kappa shape index (κ3) is 4.38. The van der Waals surface area contributed by atoms with E-state index in [4.69, 9.17) is 0 Å². The largest absolute Gasteiger partial charge is 0.426 e. The van der Waals surface area contributed by atoms with Crippen LogP contribution in [0.2, 0.25) is 0 Å². The molecule has 0 unspecified atom stereocenters. The van der Waals surface area contributed by atoms with Crippen LogP contribution in [-0.4, -0.2) is 11.9 Å². The summed E-state index contributed by atoms with van der Waals surface area (Å²) in [5, 5.41) is 0. The molecule has 0 fully saturated rings. The molecule has 0 atom stereocenters. The van der Waals surface area contributed by atoms with Gasteiger partial charge >= 0.3 is 12.1 Å². The predicted molar refractivity (Wildman–Crippen MR) is 76.5 cm³/mol. The lowest BCUT2D eigenvalue weighted by atomic mass is 10.1. The van der Waals surface area contributed by atoms with Crippen LogP contribution in [0.3, 0.4) is 0 Å². The number of rotatable bonds is 3. The molecule has 3 nitrogen and oxygen atoms in total. The van der Waals surface area contributed by atoms with Crippen molar-refractivity contribution in [1.29, 1.82) is 0 Å². The van der Waals surface area contributed by atoms with Crippen LogP contribution in [0.15, 0.2) is 53.5 Å². The minimum Gasteiger partial charge on any atom is -0.426 e. The van der Waals surface area contributed by atoms with Crippen LogP contribution in [0.5, 0.6) is 5.75 Å². The second-order valence-electron chi connectivity index (χ2n) is 4.54. The van der Waals surface area contributed by atoms with Crippen molar-refractivity contribution >= 4 is 17.6 Å². The summed E-state index contributed by atoms with van der Waals surface area (Å²) in [5.74, 6) is -2.45. The van der Waals surface area contributed by atoms with E-state index >= 15 is 0 Å². The van der Waals surface area contributed by atoms with Crippen LogP contribution in [0.1, 0.15) is 18.1 Å². The van der Waals surface area contributed by atoms with Crippen molar-refractivity contribution in [2.24, 2.45) is 4.99 Å². The van der Waals surface area contributed by atoms with E-state index in [1.54, 1.807) is 18.2 Å². The first kappa shape index (κ1) is 16.7. The summed E-state index contributed by atoms with van der Waals surface area (Å²) < 4.78 is 57.5. The lowest BCUT2D eigenvalue weighted by Gasteiger charge is -2.12. The number of aliphatic imine (C=N–C) groups is 1. The van der Waals surface area contributed by atoms with Crippen molar-refractivity contribution in [3.8, 4) is 5.75 Å². The highest BCUT2D eigenvalue weighted by atomic mass is 19.4. The first-order valence-corrected chi connectivity index (χ1v) is 6.46. The second-order valence-corrected chi connectivity index (χ2v) is 4.54. The molecule has 0 spiro atoms. The van der Waals surface area contributed by atoms with E-state index in [1.807, 2.05) is 0 Å². The molecule has 0 aliphatic rings. The van der Waals surface area contributed by atoms with Gasteiger partial charge in [0, 0.05) is 12.5 Å². The molecule has 0 bridgehead atoms. The molecule has 0 heterocycles. The zero-order valence-corrected chi connectivity index (χ0v) is 11.9. The third-order valence-corrected chi connectivity index (χ3v) is 2.76. The number of halogens is 4.